The molecule has 3 aromatic rings. The van der Waals surface area contributed by atoms with E-state index in [1.54, 1.807) is 36.6 Å². The second-order valence-electron chi connectivity index (χ2n) is 5.68. The van der Waals surface area contributed by atoms with Crippen molar-refractivity contribution in [3.05, 3.63) is 53.8 Å². The molecule has 3 heterocycles. The van der Waals surface area contributed by atoms with Crippen molar-refractivity contribution in [3.8, 4) is 11.6 Å². The molecule has 0 atom stereocenters. The van der Waals surface area contributed by atoms with Crippen molar-refractivity contribution in [3.63, 3.8) is 0 Å². The second kappa shape index (κ2) is 6.80. The van der Waals surface area contributed by atoms with Gasteiger partial charge < -0.3 is 4.42 Å². The summed E-state index contributed by atoms with van der Waals surface area (Å²) in [6.07, 6.45) is 1.60. The number of benzene rings is 1. The van der Waals surface area contributed by atoms with Crippen molar-refractivity contribution in [2.45, 2.75) is 18.6 Å². The standard InChI is InChI=1S/C18H16N4O3S/c1-2-21-15(14-8-5-10-25-14)19-20-18(21)26-11-9-22-16(23)12-6-3-4-7-13(12)17(22)24/h3-8,10H,2,9,11H2,1H3. The van der Waals surface area contributed by atoms with E-state index in [1.807, 2.05) is 17.6 Å². The summed E-state index contributed by atoms with van der Waals surface area (Å²) in [6.45, 7) is 3.02. The molecule has 8 heteroatoms. The monoisotopic (exact) mass is 368 g/mol. The van der Waals surface area contributed by atoms with Crippen LogP contribution in [0.1, 0.15) is 27.6 Å². The summed E-state index contributed by atoms with van der Waals surface area (Å²) in [6, 6.07) is 10.5. The fourth-order valence-corrected chi connectivity index (χ4v) is 3.87. The van der Waals surface area contributed by atoms with Crippen LogP contribution in [-0.2, 0) is 6.54 Å². The van der Waals surface area contributed by atoms with Crippen LogP contribution in [0.5, 0.6) is 0 Å². The van der Waals surface area contributed by atoms with Gasteiger partial charge in [0.1, 0.15) is 0 Å². The molecule has 0 N–H and O–H groups in total. The zero-order valence-electron chi connectivity index (χ0n) is 14.1. The first-order valence-corrected chi connectivity index (χ1v) is 9.24. The van der Waals surface area contributed by atoms with Crippen LogP contribution in [0.25, 0.3) is 11.6 Å². The lowest BCUT2D eigenvalue weighted by Crippen LogP contribution is -2.31. The molecule has 0 saturated heterocycles. The summed E-state index contributed by atoms with van der Waals surface area (Å²) < 4.78 is 7.35. The Morgan fingerprint density at radius 1 is 1.04 bits per heavy atom. The molecule has 0 unspecified atom stereocenters. The number of amides is 2. The molecule has 0 bridgehead atoms. The average Bonchev–Trinajstić information content (AvgIpc) is 3.37. The maximum atomic E-state index is 12.4. The molecule has 132 valence electrons. The number of hydrogen-bond acceptors (Lipinski definition) is 6. The van der Waals surface area contributed by atoms with E-state index < -0.39 is 0 Å². The van der Waals surface area contributed by atoms with Gasteiger partial charge >= 0.3 is 0 Å². The first kappa shape index (κ1) is 16.6. The van der Waals surface area contributed by atoms with Crippen LogP contribution < -0.4 is 0 Å². The number of fused-ring (bicyclic) bond motifs is 1. The van der Waals surface area contributed by atoms with Crippen molar-refractivity contribution in [1.29, 1.82) is 0 Å². The van der Waals surface area contributed by atoms with Gasteiger partial charge in [0.25, 0.3) is 11.8 Å². The van der Waals surface area contributed by atoms with E-state index in [9.17, 15) is 9.59 Å². The van der Waals surface area contributed by atoms with Gasteiger partial charge in [-0.2, -0.15) is 0 Å². The summed E-state index contributed by atoms with van der Waals surface area (Å²) in [5.41, 5.74) is 0.943. The third-order valence-corrected chi connectivity index (χ3v) is 5.15. The first-order chi connectivity index (χ1) is 12.7. The second-order valence-corrected chi connectivity index (χ2v) is 6.75. The van der Waals surface area contributed by atoms with Crippen molar-refractivity contribution >= 4 is 23.6 Å². The van der Waals surface area contributed by atoms with Crippen LogP contribution in [0.15, 0.2) is 52.2 Å². The van der Waals surface area contributed by atoms with Crippen LogP contribution in [0.2, 0.25) is 0 Å². The number of nitrogens with zero attached hydrogens (tertiary/aromatic N) is 4. The van der Waals surface area contributed by atoms with Crippen LogP contribution in [-0.4, -0.2) is 43.8 Å². The molecule has 0 radical (unpaired) electrons. The Morgan fingerprint density at radius 2 is 1.77 bits per heavy atom. The van der Waals surface area contributed by atoms with Gasteiger partial charge in [-0.05, 0) is 31.2 Å². The molecule has 1 aromatic carbocycles. The minimum Gasteiger partial charge on any atom is -0.461 e. The van der Waals surface area contributed by atoms with E-state index in [0.717, 1.165) is 5.16 Å². The highest BCUT2D eigenvalue weighted by molar-refractivity contribution is 7.99. The van der Waals surface area contributed by atoms with Gasteiger partial charge in [-0.15, -0.1) is 10.2 Å². The SMILES string of the molecule is CCn1c(SCCN2C(=O)c3ccccc3C2=O)nnc1-c1ccco1. The fraction of sp³-hybridized carbons (Fsp3) is 0.222. The van der Waals surface area contributed by atoms with Crippen molar-refractivity contribution in [2.75, 3.05) is 12.3 Å². The Kier molecular flexibility index (Phi) is 4.34. The maximum Gasteiger partial charge on any atom is 0.261 e. The van der Waals surface area contributed by atoms with Gasteiger partial charge in [0.15, 0.2) is 16.7 Å². The normalized spacial score (nSPS) is 13.5. The van der Waals surface area contributed by atoms with Gasteiger partial charge in [-0.3, -0.25) is 19.1 Å². The highest BCUT2D eigenvalue weighted by atomic mass is 32.2. The molecule has 0 saturated carbocycles. The minimum absolute atomic E-state index is 0.237. The predicted molar refractivity (Wildman–Crippen MR) is 95.9 cm³/mol. The summed E-state index contributed by atoms with van der Waals surface area (Å²) in [5, 5.41) is 9.14. The van der Waals surface area contributed by atoms with E-state index >= 15 is 0 Å². The number of hydrogen-bond donors (Lipinski definition) is 0. The molecular formula is C18H16N4O3S. The summed E-state index contributed by atoms with van der Waals surface area (Å²) >= 11 is 1.46. The van der Waals surface area contributed by atoms with Gasteiger partial charge in [0.2, 0.25) is 0 Å². The Hall–Kier alpha value is -2.87. The van der Waals surface area contributed by atoms with E-state index in [2.05, 4.69) is 10.2 Å². The van der Waals surface area contributed by atoms with Crippen LogP contribution in [0.3, 0.4) is 0 Å². The average molecular weight is 368 g/mol. The van der Waals surface area contributed by atoms with Gasteiger partial charge in [-0.25, -0.2) is 0 Å². The highest BCUT2D eigenvalue weighted by Gasteiger charge is 2.34. The molecule has 7 nitrogen and oxygen atoms in total. The molecule has 1 aliphatic rings. The largest absolute Gasteiger partial charge is 0.461 e. The molecule has 0 spiro atoms. The summed E-state index contributed by atoms with van der Waals surface area (Å²) in [4.78, 5) is 26.1. The van der Waals surface area contributed by atoms with Gasteiger partial charge in [0.05, 0.1) is 17.4 Å². The van der Waals surface area contributed by atoms with Crippen LogP contribution in [0, 0.1) is 0 Å². The number of carbonyl (C=O) groups excluding carboxylic acids is 2. The van der Waals surface area contributed by atoms with Gasteiger partial charge in [0, 0.05) is 18.8 Å². The summed E-state index contributed by atoms with van der Waals surface area (Å²) in [5.74, 6) is 1.40. The zero-order chi connectivity index (χ0) is 18.1. The van der Waals surface area contributed by atoms with E-state index in [4.69, 9.17) is 4.42 Å². The number of furan rings is 1. The van der Waals surface area contributed by atoms with E-state index in [-0.39, 0.29) is 11.8 Å². The smallest absolute Gasteiger partial charge is 0.261 e. The Balaban J connectivity index is 1.45. The van der Waals surface area contributed by atoms with Gasteiger partial charge in [-0.1, -0.05) is 23.9 Å². The molecule has 0 fully saturated rings. The van der Waals surface area contributed by atoms with Crippen LogP contribution in [0.4, 0.5) is 0 Å². The third-order valence-electron chi connectivity index (χ3n) is 4.20. The lowest BCUT2D eigenvalue weighted by atomic mass is 10.1. The topological polar surface area (TPSA) is 81.2 Å². The molecule has 2 aromatic heterocycles. The lowest BCUT2D eigenvalue weighted by Gasteiger charge is -2.13. The third kappa shape index (κ3) is 2.72. The number of carbonyl (C=O) groups is 2. The Morgan fingerprint density at radius 3 is 2.38 bits per heavy atom. The highest BCUT2D eigenvalue weighted by Crippen LogP contribution is 2.26. The van der Waals surface area contributed by atoms with Crippen molar-refractivity contribution in [1.82, 2.24) is 19.7 Å². The quantitative estimate of drug-likeness (QED) is 0.491. The zero-order valence-corrected chi connectivity index (χ0v) is 14.9. The van der Waals surface area contributed by atoms with Crippen molar-refractivity contribution in [2.24, 2.45) is 0 Å². The predicted octanol–water partition coefficient (Wildman–Crippen LogP) is 2.95. The maximum absolute atomic E-state index is 12.4. The molecule has 0 aliphatic carbocycles. The summed E-state index contributed by atoms with van der Waals surface area (Å²) in [7, 11) is 0. The fourth-order valence-electron chi connectivity index (χ4n) is 2.94. The van der Waals surface area contributed by atoms with Crippen LogP contribution >= 0.6 is 11.8 Å². The number of imide groups is 1. The van der Waals surface area contributed by atoms with E-state index in [1.165, 1.54) is 16.7 Å². The Bertz CT molecular complexity index is 930. The molecule has 1 aliphatic heterocycles. The van der Waals surface area contributed by atoms with Crippen molar-refractivity contribution < 1.29 is 14.0 Å². The minimum atomic E-state index is -0.237. The molecule has 4 rings (SSSR count). The molecule has 26 heavy (non-hydrogen) atoms. The lowest BCUT2D eigenvalue weighted by molar-refractivity contribution is 0.0664. The molecular weight excluding hydrogens is 352 g/mol. The number of thioether (sulfide) groups is 1. The number of aromatic nitrogens is 3. The first-order valence-electron chi connectivity index (χ1n) is 8.25. The molecule has 2 amide bonds. The number of rotatable bonds is 6. The Labute approximate surface area is 154 Å². The van der Waals surface area contributed by atoms with E-state index in [0.29, 0.717) is 41.6 Å².